The molecule has 0 heterocycles. The van der Waals surface area contributed by atoms with Crippen LogP contribution in [0.5, 0.6) is 0 Å². The minimum Gasteiger partial charge on any atom is -0.350 e. The van der Waals surface area contributed by atoms with Crippen LogP contribution in [0.15, 0.2) is 0 Å². The molecule has 5 heteroatoms. The topological polar surface area (TPSA) is 67.2 Å². The maximum absolute atomic E-state index is 12.0. The average Bonchev–Trinajstić information content (AvgIpc) is 2.47. The van der Waals surface area contributed by atoms with Gasteiger partial charge in [0.05, 0.1) is 5.75 Å². The van der Waals surface area contributed by atoms with Crippen LogP contribution in [0.25, 0.3) is 0 Å². The molecule has 4 N–H and O–H groups in total. The summed E-state index contributed by atoms with van der Waals surface area (Å²) < 4.78 is 0. The molecule has 0 radical (unpaired) electrons. The van der Waals surface area contributed by atoms with Gasteiger partial charge in [-0.3, -0.25) is 4.79 Å². The van der Waals surface area contributed by atoms with Crippen molar-refractivity contribution in [3.8, 4) is 0 Å². The summed E-state index contributed by atoms with van der Waals surface area (Å²) in [5.41, 5.74) is 5.67. The Hall–Kier alpha value is -0.260. The third kappa shape index (κ3) is 9.01. The third-order valence-electron chi connectivity index (χ3n) is 4.51. The van der Waals surface area contributed by atoms with E-state index in [1.165, 1.54) is 0 Å². The molecule has 0 aliphatic carbocycles. The lowest BCUT2D eigenvalue weighted by Crippen LogP contribution is -2.50. The van der Waals surface area contributed by atoms with E-state index in [4.69, 9.17) is 5.73 Å². The summed E-state index contributed by atoms with van der Waals surface area (Å²) >= 11 is 1.71. The first-order chi connectivity index (χ1) is 10.3. The van der Waals surface area contributed by atoms with Crippen molar-refractivity contribution in [2.24, 2.45) is 5.73 Å². The molecule has 132 valence electrons. The summed E-state index contributed by atoms with van der Waals surface area (Å²) in [5.74, 6) is 1.77. The van der Waals surface area contributed by atoms with E-state index in [-0.39, 0.29) is 17.0 Å². The van der Waals surface area contributed by atoms with E-state index in [2.05, 4.69) is 45.3 Å². The number of carbonyl (C=O) groups is 1. The van der Waals surface area contributed by atoms with E-state index in [1.807, 2.05) is 0 Å². The summed E-state index contributed by atoms with van der Waals surface area (Å²) in [6.45, 7) is 12.4. The molecular formula is C17H37N3OS. The average molecular weight is 332 g/mol. The largest absolute Gasteiger partial charge is 0.350 e. The molecule has 1 amide bonds. The van der Waals surface area contributed by atoms with Gasteiger partial charge in [-0.05, 0) is 64.8 Å². The Morgan fingerprint density at radius 1 is 1.09 bits per heavy atom. The maximum Gasteiger partial charge on any atom is 0.230 e. The molecule has 0 saturated heterocycles. The lowest BCUT2D eigenvalue weighted by molar-refractivity contribution is -0.120. The van der Waals surface area contributed by atoms with E-state index in [9.17, 15) is 4.79 Å². The van der Waals surface area contributed by atoms with Crippen molar-refractivity contribution in [3.05, 3.63) is 0 Å². The van der Waals surface area contributed by atoms with Gasteiger partial charge in [-0.2, -0.15) is 11.8 Å². The normalized spacial score (nSPS) is 16.8. The van der Waals surface area contributed by atoms with Gasteiger partial charge in [0.2, 0.25) is 5.91 Å². The minimum absolute atomic E-state index is 0.102. The summed E-state index contributed by atoms with van der Waals surface area (Å²) in [6.07, 6.45) is 5.04. The molecule has 2 unspecified atom stereocenters. The Balaban J connectivity index is 4.29. The molecule has 0 aliphatic heterocycles. The molecule has 0 aromatic heterocycles. The van der Waals surface area contributed by atoms with Crippen molar-refractivity contribution in [3.63, 3.8) is 0 Å². The highest BCUT2D eigenvalue weighted by Gasteiger charge is 2.26. The van der Waals surface area contributed by atoms with Crippen molar-refractivity contribution in [2.75, 3.05) is 24.6 Å². The van der Waals surface area contributed by atoms with Crippen LogP contribution in [-0.2, 0) is 4.79 Å². The first kappa shape index (κ1) is 21.7. The second kappa shape index (κ2) is 11.3. The van der Waals surface area contributed by atoms with Crippen molar-refractivity contribution >= 4 is 17.7 Å². The van der Waals surface area contributed by atoms with E-state index < -0.39 is 0 Å². The van der Waals surface area contributed by atoms with E-state index >= 15 is 0 Å². The van der Waals surface area contributed by atoms with E-state index in [0.29, 0.717) is 12.3 Å². The van der Waals surface area contributed by atoms with Gasteiger partial charge in [-0.1, -0.05) is 20.8 Å². The Bertz CT molecular complexity index is 314. The molecule has 0 saturated carbocycles. The molecule has 2 atom stereocenters. The highest BCUT2D eigenvalue weighted by atomic mass is 32.2. The van der Waals surface area contributed by atoms with Crippen LogP contribution in [0.3, 0.4) is 0 Å². The first-order valence-electron chi connectivity index (χ1n) is 8.68. The molecule has 0 rings (SSSR count). The summed E-state index contributed by atoms with van der Waals surface area (Å²) in [6, 6.07) is 0. The van der Waals surface area contributed by atoms with Gasteiger partial charge in [0, 0.05) is 11.1 Å². The third-order valence-corrected chi connectivity index (χ3v) is 5.67. The molecule has 0 aliphatic rings. The molecule has 0 aromatic rings. The number of nitrogens with two attached hydrogens (primary N) is 1. The van der Waals surface area contributed by atoms with Crippen LogP contribution in [0.4, 0.5) is 0 Å². The van der Waals surface area contributed by atoms with Gasteiger partial charge in [0.25, 0.3) is 0 Å². The van der Waals surface area contributed by atoms with Gasteiger partial charge < -0.3 is 16.4 Å². The zero-order valence-corrected chi connectivity index (χ0v) is 16.1. The fraction of sp³-hybridized carbons (Fsp3) is 0.941. The molecule has 22 heavy (non-hydrogen) atoms. The van der Waals surface area contributed by atoms with Crippen LogP contribution >= 0.6 is 11.8 Å². The van der Waals surface area contributed by atoms with Crippen molar-refractivity contribution in [1.82, 2.24) is 10.6 Å². The second-order valence-electron chi connectivity index (χ2n) is 6.64. The smallest absolute Gasteiger partial charge is 0.230 e. The molecule has 0 aromatic carbocycles. The summed E-state index contributed by atoms with van der Waals surface area (Å²) in [7, 11) is 0. The minimum atomic E-state index is -0.131. The fourth-order valence-electron chi connectivity index (χ4n) is 2.36. The van der Waals surface area contributed by atoms with Crippen molar-refractivity contribution in [2.45, 2.75) is 77.8 Å². The first-order valence-corrected chi connectivity index (χ1v) is 9.84. The monoisotopic (exact) mass is 331 g/mol. The molecule has 0 spiro atoms. The Morgan fingerprint density at radius 2 is 1.73 bits per heavy atom. The number of nitrogens with one attached hydrogen (secondary N) is 2. The summed E-state index contributed by atoms with van der Waals surface area (Å²) in [5, 5.41) is 6.84. The van der Waals surface area contributed by atoms with Crippen LogP contribution in [0, 0.1) is 0 Å². The van der Waals surface area contributed by atoms with Crippen LogP contribution < -0.4 is 16.4 Å². The van der Waals surface area contributed by atoms with Crippen molar-refractivity contribution < 1.29 is 4.79 Å². The van der Waals surface area contributed by atoms with Gasteiger partial charge in [0.1, 0.15) is 0 Å². The van der Waals surface area contributed by atoms with Gasteiger partial charge in [-0.25, -0.2) is 0 Å². The van der Waals surface area contributed by atoms with Gasteiger partial charge in [-0.15, -0.1) is 0 Å². The zero-order valence-electron chi connectivity index (χ0n) is 15.3. The standard InChI is InChI=1S/C17H37N3OS/c1-6-13-22-14-15(21)20-17(5,8-3)10-12-19-16(4,7-2)9-11-18/h19H,6-14,18H2,1-5H3,(H,20,21). The van der Waals surface area contributed by atoms with Crippen LogP contribution in [0.1, 0.15) is 66.7 Å². The maximum atomic E-state index is 12.0. The van der Waals surface area contributed by atoms with Gasteiger partial charge >= 0.3 is 0 Å². The lowest BCUT2D eigenvalue weighted by Gasteiger charge is -2.34. The number of thioether (sulfide) groups is 1. The predicted molar refractivity (Wildman–Crippen MR) is 99.4 cm³/mol. The van der Waals surface area contributed by atoms with Crippen LogP contribution in [0.2, 0.25) is 0 Å². The fourth-order valence-corrected chi connectivity index (χ4v) is 3.05. The van der Waals surface area contributed by atoms with Crippen LogP contribution in [-0.4, -0.2) is 41.6 Å². The van der Waals surface area contributed by atoms with Gasteiger partial charge in [0.15, 0.2) is 0 Å². The Kier molecular flexibility index (Phi) is 11.2. The molecule has 4 nitrogen and oxygen atoms in total. The molecule has 0 fully saturated rings. The molecule has 0 bridgehead atoms. The second-order valence-corrected chi connectivity index (χ2v) is 7.75. The highest BCUT2D eigenvalue weighted by Crippen LogP contribution is 2.17. The number of hydrogen-bond donors (Lipinski definition) is 3. The Morgan fingerprint density at radius 3 is 2.23 bits per heavy atom. The number of rotatable bonds is 13. The number of amides is 1. The number of carbonyl (C=O) groups excluding carboxylic acids is 1. The highest BCUT2D eigenvalue weighted by molar-refractivity contribution is 7.99. The van der Waals surface area contributed by atoms with Crippen molar-refractivity contribution in [1.29, 1.82) is 0 Å². The Labute approximate surface area is 141 Å². The van der Waals surface area contributed by atoms with E-state index in [1.54, 1.807) is 11.8 Å². The zero-order chi connectivity index (χ0) is 17.1. The number of hydrogen-bond acceptors (Lipinski definition) is 4. The van der Waals surface area contributed by atoms with E-state index in [0.717, 1.165) is 44.4 Å². The SMILES string of the molecule is CCCSCC(=O)NC(C)(CC)CCNC(C)(CC)CCN. The quantitative estimate of drug-likeness (QED) is 0.454. The summed E-state index contributed by atoms with van der Waals surface area (Å²) in [4.78, 5) is 12.0. The predicted octanol–water partition coefficient (Wildman–Crippen LogP) is 2.91. The molecular weight excluding hydrogens is 294 g/mol. The lowest BCUT2D eigenvalue weighted by atomic mass is 9.91.